The molecule has 0 radical (unpaired) electrons. The molecule has 2 aliphatic rings. The van der Waals surface area contributed by atoms with Crippen molar-refractivity contribution in [2.45, 2.75) is 5.41 Å². The molecule has 10 aromatic carbocycles. The molecule has 284 valence electrons. The summed E-state index contributed by atoms with van der Waals surface area (Å²) in [5.41, 5.74) is 19.2. The van der Waals surface area contributed by atoms with Crippen LogP contribution in [-0.4, -0.2) is 4.57 Å². The third kappa shape index (κ3) is 4.73. The number of anilines is 3. The summed E-state index contributed by atoms with van der Waals surface area (Å²) in [6.45, 7) is 0. The second-order valence-corrected chi connectivity index (χ2v) is 16.4. The number of rotatable bonds is 5. The van der Waals surface area contributed by atoms with Gasteiger partial charge < -0.3 is 9.47 Å². The van der Waals surface area contributed by atoms with Gasteiger partial charge in [0, 0.05) is 33.4 Å². The lowest BCUT2D eigenvalue weighted by Gasteiger charge is -2.41. The van der Waals surface area contributed by atoms with Crippen molar-refractivity contribution in [1.29, 1.82) is 0 Å². The van der Waals surface area contributed by atoms with E-state index in [1.165, 1.54) is 88.2 Å². The molecule has 0 saturated carbocycles. The van der Waals surface area contributed by atoms with Gasteiger partial charge in [-0.25, -0.2) is 0 Å². The number of hydrogen-bond acceptors (Lipinski definition) is 1. The Bertz CT molecular complexity index is 3490. The van der Waals surface area contributed by atoms with Crippen molar-refractivity contribution in [2.75, 3.05) is 4.90 Å². The van der Waals surface area contributed by atoms with E-state index >= 15 is 0 Å². The zero-order valence-electron chi connectivity index (χ0n) is 33.3. The van der Waals surface area contributed by atoms with Crippen LogP contribution in [-0.2, 0) is 5.41 Å². The SMILES string of the molecule is c1ccc(-c2ccccc2N(c2ccc3c(c2)C2(c4ccccc4-c4ccccc42)c2cccc4cccc-3c24)c2ccc3c(c2)c2ccccc2n3-c2ccccc2)cc1. The Labute approximate surface area is 354 Å². The second kappa shape index (κ2) is 13.0. The Morgan fingerprint density at radius 1 is 0.344 bits per heavy atom. The molecule has 1 spiro atoms. The number of fused-ring (bicyclic) bond motifs is 12. The van der Waals surface area contributed by atoms with Gasteiger partial charge in [0.2, 0.25) is 0 Å². The van der Waals surface area contributed by atoms with Crippen molar-refractivity contribution in [3.8, 4) is 39.1 Å². The highest BCUT2D eigenvalue weighted by molar-refractivity contribution is 6.11. The van der Waals surface area contributed by atoms with Gasteiger partial charge in [0.1, 0.15) is 0 Å². The first kappa shape index (κ1) is 34.0. The van der Waals surface area contributed by atoms with E-state index in [1.54, 1.807) is 0 Å². The van der Waals surface area contributed by atoms with E-state index in [0.717, 1.165) is 22.7 Å². The molecule has 0 N–H and O–H groups in total. The molecular formula is C59H38N2. The average molecular weight is 775 g/mol. The minimum Gasteiger partial charge on any atom is -0.310 e. The summed E-state index contributed by atoms with van der Waals surface area (Å²) >= 11 is 0. The number of aromatic nitrogens is 1. The van der Waals surface area contributed by atoms with Gasteiger partial charge in [-0.15, -0.1) is 0 Å². The van der Waals surface area contributed by atoms with Crippen LogP contribution in [0, 0.1) is 0 Å². The van der Waals surface area contributed by atoms with E-state index in [2.05, 4.69) is 240 Å². The third-order valence-electron chi connectivity index (χ3n) is 13.4. The van der Waals surface area contributed by atoms with E-state index in [1.807, 2.05) is 0 Å². The predicted molar refractivity (Wildman–Crippen MR) is 255 cm³/mol. The first-order chi connectivity index (χ1) is 30.3. The van der Waals surface area contributed by atoms with Crippen LogP contribution in [0.1, 0.15) is 22.3 Å². The summed E-state index contributed by atoms with van der Waals surface area (Å²) in [5, 5.41) is 5.05. The molecule has 61 heavy (non-hydrogen) atoms. The van der Waals surface area contributed by atoms with Gasteiger partial charge in [-0.2, -0.15) is 0 Å². The van der Waals surface area contributed by atoms with Crippen molar-refractivity contribution in [3.63, 3.8) is 0 Å². The molecule has 0 atom stereocenters. The van der Waals surface area contributed by atoms with Crippen LogP contribution in [0.5, 0.6) is 0 Å². The topological polar surface area (TPSA) is 8.17 Å². The van der Waals surface area contributed by atoms with Crippen LogP contribution in [0.2, 0.25) is 0 Å². The summed E-state index contributed by atoms with van der Waals surface area (Å²) < 4.78 is 2.40. The quantitative estimate of drug-likeness (QED) is 0.169. The minimum absolute atomic E-state index is 0.524. The van der Waals surface area contributed by atoms with E-state index in [9.17, 15) is 0 Å². The van der Waals surface area contributed by atoms with Crippen molar-refractivity contribution in [2.24, 2.45) is 0 Å². The van der Waals surface area contributed by atoms with E-state index < -0.39 is 5.41 Å². The fourth-order valence-corrected chi connectivity index (χ4v) is 11.0. The number of para-hydroxylation sites is 3. The molecule has 0 unspecified atom stereocenters. The molecule has 1 aromatic heterocycles. The van der Waals surface area contributed by atoms with Crippen LogP contribution in [0.3, 0.4) is 0 Å². The van der Waals surface area contributed by atoms with Crippen molar-refractivity contribution in [1.82, 2.24) is 4.57 Å². The maximum Gasteiger partial charge on any atom is 0.0726 e. The third-order valence-corrected chi connectivity index (χ3v) is 13.4. The highest BCUT2D eigenvalue weighted by Crippen LogP contribution is 2.62. The molecule has 1 heterocycles. The first-order valence-corrected chi connectivity index (χ1v) is 21.2. The van der Waals surface area contributed by atoms with Gasteiger partial charge in [0.05, 0.1) is 22.1 Å². The lowest BCUT2D eigenvalue weighted by molar-refractivity contribution is 0.773. The Morgan fingerprint density at radius 3 is 1.69 bits per heavy atom. The Hall–Kier alpha value is -7.94. The lowest BCUT2D eigenvalue weighted by Crippen LogP contribution is -2.32. The summed E-state index contributed by atoms with van der Waals surface area (Å²) in [7, 11) is 0. The van der Waals surface area contributed by atoms with E-state index in [4.69, 9.17) is 0 Å². The summed E-state index contributed by atoms with van der Waals surface area (Å²) in [5.74, 6) is 0. The maximum atomic E-state index is 2.52. The van der Waals surface area contributed by atoms with Gasteiger partial charge in [-0.3, -0.25) is 0 Å². The Balaban J connectivity index is 1.13. The number of benzene rings is 10. The molecular weight excluding hydrogens is 737 g/mol. The van der Waals surface area contributed by atoms with Crippen molar-refractivity contribution in [3.05, 3.63) is 253 Å². The van der Waals surface area contributed by atoms with Crippen molar-refractivity contribution < 1.29 is 0 Å². The largest absolute Gasteiger partial charge is 0.310 e. The summed E-state index contributed by atoms with van der Waals surface area (Å²) in [6, 6.07) is 85.5. The zero-order chi connectivity index (χ0) is 40.1. The lowest BCUT2D eigenvalue weighted by atomic mass is 9.61. The van der Waals surface area contributed by atoms with Gasteiger partial charge in [0.25, 0.3) is 0 Å². The average Bonchev–Trinajstić information content (AvgIpc) is 3.82. The van der Waals surface area contributed by atoms with Crippen molar-refractivity contribution >= 4 is 49.6 Å². The van der Waals surface area contributed by atoms with Gasteiger partial charge in [-0.05, 0) is 115 Å². The highest BCUT2D eigenvalue weighted by Gasteiger charge is 2.50. The second-order valence-electron chi connectivity index (χ2n) is 16.4. The van der Waals surface area contributed by atoms with E-state index in [-0.39, 0.29) is 0 Å². The maximum absolute atomic E-state index is 2.52. The smallest absolute Gasteiger partial charge is 0.0726 e. The summed E-state index contributed by atoms with van der Waals surface area (Å²) in [6.07, 6.45) is 0. The molecule has 11 aromatic rings. The minimum atomic E-state index is -0.524. The van der Waals surface area contributed by atoms with Crippen LogP contribution in [0.4, 0.5) is 17.1 Å². The van der Waals surface area contributed by atoms with Crippen LogP contribution < -0.4 is 4.90 Å². The molecule has 0 bridgehead atoms. The van der Waals surface area contributed by atoms with Crippen LogP contribution in [0.15, 0.2) is 231 Å². The van der Waals surface area contributed by atoms with Gasteiger partial charge >= 0.3 is 0 Å². The normalized spacial score (nSPS) is 13.0. The van der Waals surface area contributed by atoms with Gasteiger partial charge in [0.15, 0.2) is 0 Å². The Morgan fingerprint density at radius 2 is 0.902 bits per heavy atom. The standard InChI is InChI=1S/C59H38N2/c1-3-17-39(18-4-1)44-23-9-13-31-55(44)60(42-34-36-57-50(37-42)48-26-10-14-32-56(48)61(57)41-21-5-2-6-22-41)43-33-35-47-49-27-15-19-40-20-16-30-53(58(40)49)59(54(47)38-43)51-28-11-7-24-45(51)46-25-8-12-29-52(46)59/h1-38H. The molecule has 0 fully saturated rings. The number of hydrogen-bond donors (Lipinski definition) is 0. The molecule has 0 aliphatic heterocycles. The fourth-order valence-electron chi connectivity index (χ4n) is 11.0. The molecule has 0 saturated heterocycles. The predicted octanol–water partition coefficient (Wildman–Crippen LogP) is 15.4. The monoisotopic (exact) mass is 774 g/mol. The zero-order valence-corrected chi connectivity index (χ0v) is 33.3. The molecule has 2 nitrogen and oxygen atoms in total. The van der Waals surface area contributed by atoms with Crippen LogP contribution in [0.25, 0.3) is 71.6 Å². The Kier molecular flexibility index (Phi) is 7.26. The van der Waals surface area contributed by atoms with Crippen LogP contribution >= 0.6 is 0 Å². The number of nitrogens with zero attached hydrogens (tertiary/aromatic N) is 2. The first-order valence-electron chi connectivity index (χ1n) is 21.2. The molecule has 2 heteroatoms. The van der Waals surface area contributed by atoms with Gasteiger partial charge in [-0.1, -0.05) is 176 Å². The highest BCUT2D eigenvalue weighted by atomic mass is 15.1. The molecule has 2 aliphatic carbocycles. The molecule has 13 rings (SSSR count). The fraction of sp³-hybridized carbons (Fsp3) is 0.0169. The van der Waals surface area contributed by atoms with E-state index in [0.29, 0.717) is 0 Å². The summed E-state index contributed by atoms with van der Waals surface area (Å²) in [4.78, 5) is 2.50. The molecule has 0 amide bonds.